The summed E-state index contributed by atoms with van der Waals surface area (Å²) in [5, 5.41) is 10.3. The summed E-state index contributed by atoms with van der Waals surface area (Å²) in [5.74, 6) is -0.827. The molecule has 2 aliphatic carbocycles. The highest BCUT2D eigenvalue weighted by Crippen LogP contribution is 2.32. The number of aliphatic hydroxyl groups is 1. The van der Waals surface area contributed by atoms with Crippen LogP contribution in [-0.4, -0.2) is 22.5 Å². The molecule has 29 heavy (non-hydrogen) atoms. The minimum atomic E-state index is -0.282. The van der Waals surface area contributed by atoms with Crippen molar-refractivity contribution in [2.45, 2.75) is 13.8 Å². The van der Waals surface area contributed by atoms with Crippen LogP contribution in [0.4, 0.5) is 0 Å². The molecular weight excluding hydrogens is 364 g/mol. The smallest absolute Gasteiger partial charge is 0.197 e. The van der Waals surface area contributed by atoms with Crippen LogP contribution in [0.2, 0.25) is 0 Å². The van der Waals surface area contributed by atoms with Crippen LogP contribution < -0.4 is 0 Å². The van der Waals surface area contributed by atoms with Gasteiger partial charge in [-0.1, -0.05) is 53.6 Å². The first kappa shape index (κ1) is 18.6. The van der Waals surface area contributed by atoms with E-state index in [2.05, 4.69) is 0 Å². The Morgan fingerprint density at radius 2 is 1.28 bits per heavy atom. The number of carbonyl (C=O) groups excluding carboxylic acids is 3. The summed E-state index contributed by atoms with van der Waals surface area (Å²) in [6.45, 7) is 3.77. The van der Waals surface area contributed by atoms with Gasteiger partial charge in [0.1, 0.15) is 5.76 Å². The van der Waals surface area contributed by atoms with Gasteiger partial charge in [0.05, 0.1) is 11.1 Å². The third-order valence-corrected chi connectivity index (χ3v) is 5.08. The molecule has 2 aliphatic rings. The molecule has 0 bridgehead atoms. The summed E-state index contributed by atoms with van der Waals surface area (Å²) in [4.78, 5) is 37.3. The van der Waals surface area contributed by atoms with Gasteiger partial charge in [-0.15, -0.1) is 0 Å². The topological polar surface area (TPSA) is 71.4 Å². The van der Waals surface area contributed by atoms with Crippen LogP contribution in [0.1, 0.15) is 47.8 Å². The molecule has 1 N–H and O–H groups in total. The van der Waals surface area contributed by atoms with E-state index >= 15 is 0 Å². The number of carbonyl (C=O) groups is 3. The van der Waals surface area contributed by atoms with Gasteiger partial charge in [0, 0.05) is 22.3 Å². The normalized spacial score (nSPS) is 17.3. The lowest BCUT2D eigenvalue weighted by atomic mass is 10.1. The Hall–Kier alpha value is -3.79. The van der Waals surface area contributed by atoms with Crippen LogP contribution >= 0.6 is 0 Å². The highest BCUT2D eigenvalue weighted by molar-refractivity contribution is 6.39. The Kier molecular flexibility index (Phi) is 4.47. The molecule has 4 heteroatoms. The summed E-state index contributed by atoms with van der Waals surface area (Å²) in [7, 11) is 0. The number of hydrogen-bond donors (Lipinski definition) is 1. The van der Waals surface area contributed by atoms with E-state index in [1.807, 2.05) is 26.0 Å². The van der Waals surface area contributed by atoms with E-state index in [1.165, 1.54) is 12.2 Å². The summed E-state index contributed by atoms with van der Waals surface area (Å²) in [6, 6.07) is 10.5. The quantitative estimate of drug-likeness (QED) is 0.466. The fourth-order valence-electron chi connectivity index (χ4n) is 3.56. The first-order valence-corrected chi connectivity index (χ1v) is 9.22. The van der Waals surface area contributed by atoms with Crippen molar-refractivity contribution in [3.8, 4) is 0 Å². The number of Topliss-reactive ketones (excluding diaryl/α,β-unsaturated/α-hetero) is 3. The zero-order chi connectivity index (χ0) is 20.7. The number of allylic oxidation sites excluding steroid dienone is 7. The van der Waals surface area contributed by atoms with Gasteiger partial charge in [-0.3, -0.25) is 14.4 Å². The Bertz CT molecular complexity index is 1220. The monoisotopic (exact) mass is 382 g/mol. The molecule has 0 aromatic heterocycles. The van der Waals surface area contributed by atoms with E-state index in [0.717, 1.165) is 11.1 Å². The first-order valence-electron chi connectivity index (χ1n) is 9.22. The van der Waals surface area contributed by atoms with Gasteiger partial charge in [-0.05, 0) is 38.1 Å². The molecule has 0 radical (unpaired) electrons. The number of rotatable bonds is 3. The summed E-state index contributed by atoms with van der Waals surface area (Å²) < 4.78 is 0. The highest BCUT2D eigenvalue weighted by atomic mass is 16.3. The Labute approximate surface area is 168 Å². The molecule has 2 aromatic rings. The van der Waals surface area contributed by atoms with E-state index in [0.29, 0.717) is 22.3 Å². The number of ketones is 3. The molecule has 0 saturated carbocycles. The molecule has 0 amide bonds. The number of benzene rings is 2. The van der Waals surface area contributed by atoms with Crippen molar-refractivity contribution in [1.29, 1.82) is 0 Å². The lowest BCUT2D eigenvalue weighted by Gasteiger charge is -1.99. The molecule has 0 atom stereocenters. The molecule has 0 fully saturated rings. The second-order valence-corrected chi connectivity index (χ2v) is 7.17. The minimum absolute atomic E-state index is 0.0383. The third kappa shape index (κ3) is 3.09. The average Bonchev–Trinajstić information content (AvgIpc) is 3.07. The Balaban J connectivity index is 1.53. The largest absolute Gasteiger partial charge is 0.507 e. The molecule has 0 heterocycles. The van der Waals surface area contributed by atoms with Crippen LogP contribution in [0, 0.1) is 13.8 Å². The number of aliphatic hydroxyl groups excluding tert-OH is 1. The van der Waals surface area contributed by atoms with E-state index in [1.54, 1.807) is 42.5 Å². The van der Waals surface area contributed by atoms with Gasteiger partial charge in [-0.2, -0.15) is 0 Å². The molecular formula is C25H18O4. The van der Waals surface area contributed by atoms with Crippen LogP contribution in [0.25, 0.3) is 5.76 Å². The number of fused-ring (bicyclic) bond motifs is 2. The standard InChI is InChI=1S/C25H18O4/c1-14-8-10-16-20(12-14)24(28)18(22(16)26)6-4-3-5-7-19-23(27)17-11-9-15(2)13-21(17)25(19)29/h3-13,28H,1-2H3. The molecule has 142 valence electrons. The molecule has 4 rings (SSSR count). The third-order valence-electron chi connectivity index (χ3n) is 5.08. The SMILES string of the molecule is Cc1ccc2c(c1)C(=O)C(=CC=CC=CC1=C(O)c3cc(C)ccc3C1=O)C2=O. The minimum Gasteiger partial charge on any atom is -0.507 e. The van der Waals surface area contributed by atoms with Gasteiger partial charge in [-0.25, -0.2) is 0 Å². The van der Waals surface area contributed by atoms with Gasteiger partial charge in [0.15, 0.2) is 17.3 Å². The van der Waals surface area contributed by atoms with Gasteiger partial charge in [0.2, 0.25) is 0 Å². The van der Waals surface area contributed by atoms with Crippen LogP contribution in [0.15, 0.2) is 77.9 Å². The summed E-state index contributed by atoms with van der Waals surface area (Å²) in [6.07, 6.45) is 7.80. The fraction of sp³-hybridized carbons (Fsp3) is 0.0800. The maximum Gasteiger partial charge on any atom is 0.197 e. The van der Waals surface area contributed by atoms with Gasteiger partial charge in [0.25, 0.3) is 0 Å². The van der Waals surface area contributed by atoms with E-state index in [9.17, 15) is 19.5 Å². The van der Waals surface area contributed by atoms with Gasteiger partial charge >= 0.3 is 0 Å². The zero-order valence-electron chi connectivity index (χ0n) is 16.0. The van der Waals surface area contributed by atoms with Crippen LogP contribution in [0.3, 0.4) is 0 Å². The van der Waals surface area contributed by atoms with Crippen molar-refractivity contribution in [1.82, 2.24) is 0 Å². The molecule has 2 aromatic carbocycles. The fourth-order valence-corrected chi connectivity index (χ4v) is 3.56. The summed E-state index contributed by atoms with van der Waals surface area (Å²) >= 11 is 0. The lowest BCUT2D eigenvalue weighted by Crippen LogP contribution is -1.99. The maximum atomic E-state index is 12.4. The predicted octanol–water partition coefficient (Wildman–Crippen LogP) is 4.89. The van der Waals surface area contributed by atoms with E-state index in [4.69, 9.17) is 0 Å². The number of aryl methyl sites for hydroxylation is 2. The number of hydrogen-bond acceptors (Lipinski definition) is 4. The molecule has 0 spiro atoms. The Morgan fingerprint density at radius 1 is 0.690 bits per heavy atom. The molecule has 0 unspecified atom stereocenters. The van der Waals surface area contributed by atoms with E-state index < -0.39 is 0 Å². The van der Waals surface area contributed by atoms with E-state index in [-0.39, 0.29) is 34.3 Å². The maximum absolute atomic E-state index is 12.4. The van der Waals surface area contributed by atoms with Crippen LogP contribution in [0.5, 0.6) is 0 Å². The second-order valence-electron chi connectivity index (χ2n) is 7.17. The lowest BCUT2D eigenvalue weighted by molar-refractivity contribution is 0.0986. The average molecular weight is 382 g/mol. The van der Waals surface area contributed by atoms with Crippen molar-refractivity contribution in [3.63, 3.8) is 0 Å². The summed E-state index contributed by atoms with van der Waals surface area (Å²) in [5.41, 5.74) is 4.11. The second kappa shape index (κ2) is 6.99. The van der Waals surface area contributed by atoms with Crippen molar-refractivity contribution >= 4 is 23.1 Å². The molecule has 4 nitrogen and oxygen atoms in total. The highest BCUT2D eigenvalue weighted by Gasteiger charge is 2.32. The van der Waals surface area contributed by atoms with Crippen LogP contribution in [-0.2, 0) is 0 Å². The van der Waals surface area contributed by atoms with Crippen molar-refractivity contribution in [2.75, 3.05) is 0 Å². The molecule has 0 saturated heterocycles. The Morgan fingerprint density at radius 3 is 1.97 bits per heavy atom. The van der Waals surface area contributed by atoms with Crippen molar-refractivity contribution in [2.24, 2.45) is 0 Å². The first-order chi connectivity index (χ1) is 13.9. The zero-order valence-corrected chi connectivity index (χ0v) is 16.0. The van der Waals surface area contributed by atoms with Crippen molar-refractivity contribution in [3.05, 3.63) is 111 Å². The molecule has 0 aliphatic heterocycles. The predicted molar refractivity (Wildman–Crippen MR) is 111 cm³/mol. The van der Waals surface area contributed by atoms with Crippen molar-refractivity contribution < 1.29 is 19.5 Å². The van der Waals surface area contributed by atoms with Gasteiger partial charge < -0.3 is 5.11 Å².